The molecule has 1 unspecified atom stereocenters. The number of ether oxygens (including phenoxy) is 2. The van der Waals surface area contributed by atoms with Crippen LogP contribution in [0.5, 0.6) is 11.5 Å². The van der Waals surface area contributed by atoms with Gasteiger partial charge in [0.25, 0.3) is 5.91 Å². The van der Waals surface area contributed by atoms with Gasteiger partial charge in [-0.25, -0.2) is 5.90 Å². The number of likely N-dealkylation sites (tertiary alicyclic amines) is 1. The summed E-state index contributed by atoms with van der Waals surface area (Å²) >= 11 is 0. The summed E-state index contributed by atoms with van der Waals surface area (Å²) in [5, 5.41) is 0. The summed E-state index contributed by atoms with van der Waals surface area (Å²) in [6.07, 6.45) is 0.680. The average Bonchev–Trinajstić information content (AvgIpc) is 2.94. The normalized spacial score (nSPS) is 18.5. The van der Waals surface area contributed by atoms with E-state index in [2.05, 4.69) is 0 Å². The topological polar surface area (TPSA) is 74.0 Å². The third-order valence-electron chi connectivity index (χ3n) is 3.26. The molecule has 1 atom stereocenters. The summed E-state index contributed by atoms with van der Waals surface area (Å²) in [7, 11) is 3.10. The third kappa shape index (κ3) is 2.80. The number of hydrogen-bond acceptors (Lipinski definition) is 5. The van der Waals surface area contributed by atoms with Gasteiger partial charge in [0, 0.05) is 18.7 Å². The van der Waals surface area contributed by atoms with Gasteiger partial charge in [-0.1, -0.05) is 0 Å². The van der Waals surface area contributed by atoms with Crippen molar-refractivity contribution in [3.63, 3.8) is 0 Å². The van der Waals surface area contributed by atoms with Crippen molar-refractivity contribution in [1.29, 1.82) is 0 Å². The van der Waals surface area contributed by atoms with E-state index >= 15 is 0 Å². The highest BCUT2D eigenvalue weighted by Gasteiger charge is 2.27. The van der Waals surface area contributed by atoms with Crippen LogP contribution in [0.1, 0.15) is 16.8 Å². The maximum absolute atomic E-state index is 12.3. The summed E-state index contributed by atoms with van der Waals surface area (Å²) in [5.74, 6) is 6.23. The summed E-state index contributed by atoms with van der Waals surface area (Å²) in [4.78, 5) is 18.8. The number of methoxy groups -OCH3 is 2. The van der Waals surface area contributed by atoms with Gasteiger partial charge in [-0.05, 0) is 24.6 Å². The lowest BCUT2D eigenvalue weighted by Crippen LogP contribution is -2.30. The van der Waals surface area contributed by atoms with E-state index in [1.165, 1.54) is 0 Å². The molecule has 19 heavy (non-hydrogen) atoms. The largest absolute Gasteiger partial charge is 0.493 e. The number of hydrogen-bond donors (Lipinski definition) is 1. The van der Waals surface area contributed by atoms with Gasteiger partial charge in [-0.3, -0.25) is 9.63 Å². The molecule has 1 aliphatic rings. The van der Waals surface area contributed by atoms with Gasteiger partial charge >= 0.3 is 0 Å². The molecule has 0 spiro atoms. The molecule has 1 aromatic carbocycles. The SMILES string of the molecule is COc1ccc(C(=O)N2CCC(ON)C2)cc1OC. The van der Waals surface area contributed by atoms with Gasteiger partial charge in [0.15, 0.2) is 11.5 Å². The van der Waals surface area contributed by atoms with Crippen molar-refractivity contribution in [2.24, 2.45) is 5.90 Å². The Hall–Kier alpha value is -1.79. The lowest BCUT2D eigenvalue weighted by atomic mass is 10.1. The Kier molecular flexibility index (Phi) is 4.24. The Morgan fingerprint density at radius 2 is 2.05 bits per heavy atom. The summed E-state index contributed by atoms with van der Waals surface area (Å²) in [6, 6.07) is 5.12. The smallest absolute Gasteiger partial charge is 0.254 e. The number of rotatable bonds is 4. The predicted molar refractivity (Wildman–Crippen MR) is 69.1 cm³/mol. The molecule has 1 aliphatic heterocycles. The van der Waals surface area contributed by atoms with Crippen molar-refractivity contribution >= 4 is 5.91 Å². The van der Waals surface area contributed by atoms with Gasteiger partial charge in [0.05, 0.1) is 20.3 Å². The van der Waals surface area contributed by atoms with E-state index in [1.54, 1.807) is 37.3 Å². The first-order valence-corrected chi connectivity index (χ1v) is 6.06. The van der Waals surface area contributed by atoms with Crippen LogP contribution in [0.3, 0.4) is 0 Å². The molecule has 2 N–H and O–H groups in total. The Morgan fingerprint density at radius 3 is 2.63 bits per heavy atom. The molecule has 1 heterocycles. The lowest BCUT2D eigenvalue weighted by molar-refractivity contribution is 0.0537. The van der Waals surface area contributed by atoms with Crippen LogP contribution in [0, 0.1) is 0 Å². The lowest BCUT2D eigenvalue weighted by Gasteiger charge is -2.17. The first-order chi connectivity index (χ1) is 9.19. The number of nitrogens with two attached hydrogens (primary N) is 1. The minimum atomic E-state index is -0.0795. The highest BCUT2D eigenvalue weighted by atomic mass is 16.6. The van der Waals surface area contributed by atoms with E-state index in [0.717, 1.165) is 6.42 Å². The first kappa shape index (κ1) is 13.6. The maximum atomic E-state index is 12.3. The van der Waals surface area contributed by atoms with Gasteiger partial charge in [-0.15, -0.1) is 0 Å². The molecular formula is C13H18N2O4. The van der Waals surface area contributed by atoms with E-state index < -0.39 is 0 Å². The fourth-order valence-corrected chi connectivity index (χ4v) is 2.18. The molecule has 2 rings (SSSR count). The van der Waals surface area contributed by atoms with Crippen LogP contribution in [0.4, 0.5) is 0 Å². The van der Waals surface area contributed by atoms with Crippen molar-refractivity contribution in [2.75, 3.05) is 27.3 Å². The molecule has 0 aliphatic carbocycles. The molecule has 1 amide bonds. The van der Waals surface area contributed by atoms with Crippen LogP contribution in [-0.2, 0) is 4.84 Å². The molecular weight excluding hydrogens is 248 g/mol. The van der Waals surface area contributed by atoms with Crippen LogP contribution in [0.15, 0.2) is 18.2 Å². The zero-order chi connectivity index (χ0) is 13.8. The van der Waals surface area contributed by atoms with Crippen LogP contribution < -0.4 is 15.4 Å². The summed E-state index contributed by atoms with van der Waals surface area (Å²) < 4.78 is 10.3. The number of benzene rings is 1. The Morgan fingerprint density at radius 1 is 1.32 bits per heavy atom. The van der Waals surface area contributed by atoms with Crippen LogP contribution in [0.25, 0.3) is 0 Å². The van der Waals surface area contributed by atoms with Crippen molar-refractivity contribution in [1.82, 2.24) is 4.90 Å². The molecule has 0 aromatic heterocycles. The molecule has 1 fully saturated rings. The quantitative estimate of drug-likeness (QED) is 0.816. The Labute approximate surface area is 112 Å². The Balaban J connectivity index is 2.15. The second kappa shape index (κ2) is 5.90. The molecule has 1 saturated heterocycles. The molecule has 6 heteroatoms. The maximum Gasteiger partial charge on any atom is 0.254 e. The molecule has 0 bridgehead atoms. The van der Waals surface area contributed by atoms with Crippen molar-refractivity contribution < 1.29 is 19.1 Å². The van der Waals surface area contributed by atoms with Gasteiger partial charge in [0.2, 0.25) is 0 Å². The fourth-order valence-electron chi connectivity index (χ4n) is 2.18. The molecule has 104 valence electrons. The average molecular weight is 266 g/mol. The van der Waals surface area contributed by atoms with E-state index in [1.807, 2.05) is 0 Å². The van der Waals surface area contributed by atoms with Crippen LogP contribution in [-0.4, -0.2) is 44.2 Å². The number of nitrogens with zero attached hydrogens (tertiary/aromatic N) is 1. The standard InChI is InChI=1S/C13H18N2O4/c1-17-11-4-3-9(7-12(11)18-2)13(16)15-6-5-10(8-15)19-14/h3-4,7,10H,5-6,8,14H2,1-2H3. The van der Waals surface area contributed by atoms with Crippen molar-refractivity contribution in [2.45, 2.75) is 12.5 Å². The van der Waals surface area contributed by atoms with E-state index in [4.69, 9.17) is 20.2 Å². The zero-order valence-electron chi connectivity index (χ0n) is 11.1. The highest BCUT2D eigenvalue weighted by molar-refractivity contribution is 5.95. The number of carbonyl (C=O) groups is 1. The number of amides is 1. The van der Waals surface area contributed by atoms with Gasteiger partial charge in [0.1, 0.15) is 0 Å². The minimum absolute atomic E-state index is 0.0551. The zero-order valence-corrected chi connectivity index (χ0v) is 11.1. The van der Waals surface area contributed by atoms with E-state index in [-0.39, 0.29) is 12.0 Å². The number of carbonyl (C=O) groups excluding carboxylic acids is 1. The Bertz CT molecular complexity index is 464. The summed E-state index contributed by atoms with van der Waals surface area (Å²) in [5.41, 5.74) is 0.565. The van der Waals surface area contributed by atoms with Crippen LogP contribution >= 0.6 is 0 Å². The molecule has 6 nitrogen and oxygen atoms in total. The molecule has 1 aromatic rings. The second-order valence-corrected chi connectivity index (χ2v) is 4.37. The molecule has 0 radical (unpaired) electrons. The minimum Gasteiger partial charge on any atom is -0.493 e. The predicted octanol–water partition coefficient (Wildman–Crippen LogP) is 0.809. The molecule has 0 saturated carbocycles. The van der Waals surface area contributed by atoms with E-state index in [9.17, 15) is 4.79 Å². The summed E-state index contributed by atoms with van der Waals surface area (Å²) in [6.45, 7) is 1.17. The monoisotopic (exact) mass is 266 g/mol. The van der Waals surface area contributed by atoms with Gasteiger partial charge in [-0.2, -0.15) is 0 Å². The third-order valence-corrected chi connectivity index (χ3v) is 3.26. The van der Waals surface area contributed by atoms with Crippen molar-refractivity contribution in [3.8, 4) is 11.5 Å². The fraction of sp³-hybridized carbons (Fsp3) is 0.462. The van der Waals surface area contributed by atoms with Crippen molar-refractivity contribution in [3.05, 3.63) is 23.8 Å². The van der Waals surface area contributed by atoms with Crippen LogP contribution in [0.2, 0.25) is 0 Å². The second-order valence-electron chi connectivity index (χ2n) is 4.37. The van der Waals surface area contributed by atoms with Gasteiger partial charge < -0.3 is 14.4 Å². The van der Waals surface area contributed by atoms with E-state index in [0.29, 0.717) is 30.2 Å². The first-order valence-electron chi connectivity index (χ1n) is 6.06. The highest BCUT2D eigenvalue weighted by Crippen LogP contribution is 2.28.